The molecule has 0 radical (unpaired) electrons. The van der Waals surface area contributed by atoms with Gasteiger partial charge in [0.1, 0.15) is 5.75 Å². The van der Waals surface area contributed by atoms with Crippen molar-refractivity contribution in [3.05, 3.63) is 56.5 Å². The fraction of sp³-hybridized carbons (Fsp3) is 0.143. The SMILES string of the molecule is Cc1cc(NCc2cc(Br)ccc2O)ccc1Br. The molecule has 0 atom stereocenters. The summed E-state index contributed by atoms with van der Waals surface area (Å²) in [6, 6.07) is 11.5. The van der Waals surface area contributed by atoms with Crippen LogP contribution in [0.3, 0.4) is 0 Å². The highest BCUT2D eigenvalue weighted by Crippen LogP contribution is 2.24. The standard InChI is InChI=1S/C14H13Br2NO/c1-9-6-12(3-4-13(9)16)17-8-10-7-11(15)2-5-14(10)18/h2-7,17-18H,8H2,1H3. The Morgan fingerprint density at radius 2 is 1.89 bits per heavy atom. The van der Waals surface area contributed by atoms with Gasteiger partial charge < -0.3 is 10.4 Å². The van der Waals surface area contributed by atoms with Crippen molar-refractivity contribution in [2.24, 2.45) is 0 Å². The predicted octanol–water partition coefficient (Wildman–Crippen LogP) is 4.84. The maximum absolute atomic E-state index is 9.74. The lowest BCUT2D eigenvalue weighted by Gasteiger charge is -2.10. The van der Waals surface area contributed by atoms with Crippen LogP contribution in [0.25, 0.3) is 0 Å². The molecule has 2 nitrogen and oxygen atoms in total. The number of rotatable bonds is 3. The second-order valence-corrected chi connectivity index (χ2v) is 5.86. The number of benzene rings is 2. The van der Waals surface area contributed by atoms with Gasteiger partial charge in [-0.05, 0) is 48.9 Å². The number of halogens is 2. The zero-order valence-corrected chi connectivity index (χ0v) is 13.0. The molecule has 0 saturated heterocycles. The average molecular weight is 371 g/mol. The first-order chi connectivity index (χ1) is 8.56. The van der Waals surface area contributed by atoms with Gasteiger partial charge in [-0.25, -0.2) is 0 Å². The quantitative estimate of drug-likeness (QED) is 0.810. The zero-order chi connectivity index (χ0) is 13.1. The molecule has 0 saturated carbocycles. The molecule has 0 bridgehead atoms. The van der Waals surface area contributed by atoms with Gasteiger partial charge in [0.15, 0.2) is 0 Å². The number of hydrogen-bond donors (Lipinski definition) is 2. The molecular weight excluding hydrogens is 358 g/mol. The third-order valence-corrected chi connectivity index (χ3v) is 4.07. The van der Waals surface area contributed by atoms with Gasteiger partial charge in [-0.15, -0.1) is 0 Å². The number of aromatic hydroxyl groups is 1. The molecule has 18 heavy (non-hydrogen) atoms. The van der Waals surface area contributed by atoms with Gasteiger partial charge in [-0.3, -0.25) is 0 Å². The number of anilines is 1. The van der Waals surface area contributed by atoms with E-state index in [0.717, 1.165) is 20.2 Å². The van der Waals surface area contributed by atoms with Crippen LogP contribution in [0.1, 0.15) is 11.1 Å². The minimum atomic E-state index is 0.305. The Morgan fingerprint density at radius 1 is 1.11 bits per heavy atom. The summed E-state index contributed by atoms with van der Waals surface area (Å²) in [6.45, 7) is 2.64. The highest BCUT2D eigenvalue weighted by Gasteiger charge is 2.02. The largest absolute Gasteiger partial charge is 0.508 e. The van der Waals surface area contributed by atoms with Crippen molar-refractivity contribution in [2.75, 3.05) is 5.32 Å². The van der Waals surface area contributed by atoms with E-state index in [-0.39, 0.29) is 0 Å². The van der Waals surface area contributed by atoms with Crippen LogP contribution < -0.4 is 5.32 Å². The molecule has 0 spiro atoms. The topological polar surface area (TPSA) is 32.3 Å². The maximum Gasteiger partial charge on any atom is 0.120 e. The van der Waals surface area contributed by atoms with Gasteiger partial charge in [0.2, 0.25) is 0 Å². The molecule has 0 aliphatic heterocycles. The lowest BCUT2D eigenvalue weighted by atomic mass is 10.2. The number of aryl methyl sites for hydroxylation is 1. The summed E-state index contributed by atoms with van der Waals surface area (Å²) < 4.78 is 2.06. The summed E-state index contributed by atoms with van der Waals surface area (Å²) in [4.78, 5) is 0. The number of phenolic OH excluding ortho intramolecular Hbond substituents is 1. The van der Waals surface area contributed by atoms with Crippen LogP contribution in [0, 0.1) is 6.92 Å². The van der Waals surface area contributed by atoms with Gasteiger partial charge in [-0.1, -0.05) is 31.9 Å². The van der Waals surface area contributed by atoms with E-state index in [0.29, 0.717) is 12.3 Å². The molecule has 2 rings (SSSR count). The van der Waals surface area contributed by atoms with E-state index in [1.807, 2.05) is 31.2 Å². The lowest BCUT2D eigenvalue weighted by molar-refractivity contribution is 0.469. The summed E-state index contributed by atoms with van der Waals surface area (Å²) >= 11 is 6.87. The van der Waals surface area contributed by atoms with Gasteiger partial charge >= 0.3 is 0 Å². The fourth-order valence-corrected chi connectivity index (χ4v) is 2.30. The Balaban J connectivity index is 2.11. The van der Waals surface area contributed by atoms with Crippen molar-refractivity contribution in [3.63, 3.8) is 0 Å². The summed E-state index contributed by atoms with van der Waals surface area (Å²) in [6.07, 6.45) is 0. The minimum absolute atomic E-state index is 0.305. The molecule has 0 fully saturated rings. The Morgan fingerprint density at radius 3 is 2.61 bits per heavy atom. The summed E-state index contributed by atoms with van der Waals surface area (Å²) in [7, 11) is 0. The Bertz CT molecular complexity index is 570. The third-order valence-electron chi connectivity index (χ3n) is 2.68. The molecule has 0 aliphatic rings. The molecule has 4 heteroatoms. The van der Waals surface area contributed by atoms with Crippen LogP contribution in [-0.4, -0.2) is 5.11 Å². The molecule has 2 aromatic carbocycles. The normalized spacial score (nSPS) is 10.4. The highest BCUT2D eigenvalue weighted by molar-refractivity contribution is 9.10. The van der Waals surface area contributed by atoms with Gasteiger partial charge in [0.05, 0.1) is 0 Å². The minimum Gasteiger partial charge on any atom is -0.508 e. The molecule has 0 amide bonds. The van der Waals surface area contributed by atoms with Crippen LogP contribution in [0.5, 0.6) is 5.75 Å². The first kappa shape index (κ1) is 13.4. The van der Waals surface area contributed by atoms with Crippen molar-refractivity contribution in [1.29, 1.82) is 0 Å². The zero-order valence-electron chi connectivity index (χ0n) is 9.87. The molecule has 0 heterocycles. The first-order valence-corrected chi connectivity index (χ1v) is 7.12. The van der Waals surface area contributed by atoms with Crippen LogP contribution in [0.4, 0.5) is 5.69 Å². The summed E-state index contributed by atoms with van der Waals surface area (Å²) in [5.41, 5.74) is 3.08. The first-order valence-electron chi connectivity index (χ1n) is 5.53. The lowest BCUT2D eigenvalue weighted by Crippen LogP contribution is -2.00. The third kappa shape index (κ3) is 3.27. The molecule has 0 aliphatic carbocycles. The Labute approximate surface area is 123 Å². The maximum atomic E-state index is 9.74. The monoisotopic (exact) mass is 369 g/mol. The molecular formula is C14H13Br2NO. The van der Waals surface area contributed by atoms with Gasteiger partial charge in [0.25, 0.3) is 0 Å². The van der Waals surface area contributed by atoms with Crippen molar-refractivity contribution in [2.45, 2.75) is 13.5 Å². The molecule has 2 N–H and O–H groups in total. The van der Waals surface area contributed by atoms with Crippen molar-refractivity contribution in [3.8, 4) is 5.75 Å². The van der Waals surface area contributed by atoms with Gasteiger partial charge in [-0.2, -0.15) is 0 Å². The predicted molar refractivity (Wildman–Crippen MR) is 82.0 cm³/mol. The highest BCUT2D eigenvalue weighted by atomic mass is 79.9. The molecule has 0 unspecified atom stereocenters. The van der Waals surface area contributed by atoms with E-state index < -0.39 is 0 Å². The van der Waals surface area contributed by atoms with E-state index in [4.69, 9.17) is 0 Å². The smallest absolute Gasteiger partial charge is 0.120 e. The van der Waals surface area contributed by atoms with Crippen LogP contribution in [0.2, 0.25) is 0 Å². The van der Waals surface area contributed by atoms with E-state index >= 15 is 0 Å². The second-order valence-electron chi connectivity index (χ2n) is 4.09. The summed E-state index contributed by atoms with van der Waals surface area (Å²) in [5, 5.41) is 13.0. The van der Waals surface area contributed by atoms with Crippen molar-refractivity contribution in [1.82, 2.24) is 0 Å². The Hall–Kier alpha value is -1.00. The van der Waals surface area contributed by atoms with Gasteiger partial charge in [0, 0.05) is 26.7 Å². The van der Waals surface area contributed by atoms with E-state index in [1.54, 1.807) is 6.07 Å². The molecule has 2 aromatic rings. The van der Waals surface area contributed by atoms with Crippen molar-refractivity contribution < 1.29 is 5.11 Å². The van der Waals surface area contributed by atoms with E-state index in [9.17, 15) is 5.11 Å². The van der Waals surface area contributed by atoms with E-state index in [2.05, 4.69) is 43.2 Å². The second kappa shape index (κ2) is 5.76. The van der Waals surface area contributed by atoms with E-state index in [1.165, 1.54) is 5.56 Å². The summed E-state index contributed by atoms with van der Waals surface area (Å²) in [5.74, 6) is 0.305. The molecule has 0 aromatic heterocycles. The number of nitrogens with one attached hydrogen (secondary N) is 1. The van der Waals surface area contributed by atoms with Crippen LogP contribution in [0.15, 0.2) is 45.3 Å². The number of hydrogen-bond acceptors (Lipinski definition) is 2. The average Bonchev–Trinajstić information content (AvgIpc) is 2.34. The van der Waals surface area contributed by atoms with Crippen LogP contribution in [-0.2, 0) is 6.54 Å². The number of phenols is 1. The van der Waals surface area contributed by atoms with Crippen LogP contribution >= 0.6 is 31.9 Å². The molecule has 94 valence electrons. The van der Waals surface area contributed by atoms with Crippen molar-refractivity contribution >= 4 is 37.5 Å². The fourth-order valence-electron chi connectivity index (χ4n) is 1.65. The Kier molecular flexibility index (Phi) is 4.30.